The number of hydrogen-bond acceptors (Lipinski definition) is 3. The summed E-state index contributed by atoms with van der Waals surface area (Å²) < 4.78 is 29.0. The minimum absolute atomic E-state index is 0.259. The average Bonchev–Trinajstić information content (AvgIpc) is 2.80. The van der Waals surface area contributed by atoms with Crippen molar-refractivity contribution in [2.75, 3.05) is 6.54 Å². The number of nitrogens with zero attached hydrogens (tertiary/aromatic N) is 1. The molecule has 114 valence electrons. The summed E-state index contributed by atoms with van der Waals surface area (Å²) in [7, 11) is -3.56. The van der Waals surface area contributed by atoms with Crippen molar-refractivity contribution in [3.05, 3.63) is 48.5 Å². The second-order valence-electron chi connectivity index (χ2n) is 4.21. The van der Waals surface area contributed by atoms with Crippen LogP contribution in [0.5, 0.6) is 0 Å². The maximum Gasteiger partial charge on any atom is 0.244 e. The van der Waals surface area contributed by atoms with Crippen LogP contribution in [0.25, 0.3) is 0 Å². The Kier molecular flexibility index (Phi) is 5.90. The Morgan fingerprint density at radius 1 is 1.24 bits per heavy atom. The lowest BCUT2D eigenvalue weighted by Gasteiger charge is -2.20. The maximum atomic E-state index is 12.8. The molecule has 0 atom stereocenters. The van der Waals surface area contributed by atoms with Crippen molar-refractivity contribution in [3.63, 3.8) is 0 Å². The van der Waals surface area contributed by atoms with Crippen molar-refractivity contribution in [1.29, 1.82) is 0 Å². The summed E-state index contributed by atoms with van der Waals surface area (Å²) in [6.07, 6.45) is 0. The summed E-state index contributed by atoms with van der Waals surface area (Å²) in [4.78, 5) is 1.17. The van der Waals surface area contributed by atoms with Gasteiger partial charge < -0.3 is 0 Å². The monoisotopic (exact) mass is 471 g/mol. The van der Waals surface area contributed by atoms with Crippen LogP contribution < -0.4 is 0 Å². The molecular formula is C13H12Br2ClNO2S2. The van der Waals surface area contributed by atoms with E-state index in [0.29, 0.717) is 21.9 Å². The Labute approximate surface area is 150 Å². The van der Waals surface area contributed by atoms with Gasteiger partial charge >= 0.3 is 0 Å². The third-order valence-electron chi connectivity index (χ3n) is 2.83. The van der Waals surface area contributed by atoms with Crippen LogP contribution in [-0.4, -0.2) is 19.3 Å². The molecule has 21 heavy (non-hydrogen) atoms. The lowest BCUT2D eigenvalue weighted by molar-refractivity contribution is 0.426. The van der Waals surface area contributed by atoms with Crippen molar-refractivity contribution in [2.45, 2.75) is 18.4 Å². The SMILES string of the molecule is CCN(Cc1ccc(Cl)s1)S(=O)(=O)c1ccc(Br)cc1Br. The Morgan fingerprint density at radius 2 is 1.95 bits per heavy atom. The first-order valence-electron chi connectivity index (χ1n) is 6.04. The lowest BCUT2D eigenvalue weighted by atomic mass is 10.4. The van der Waals surface area contributed by atoms with E-state index in [1.165, 1.54) is 15.6 Å². The topological polar surface area (TPSA) is 37.4 Å². The highest BCUT2D eigenvalue weighted by Gasteiger charge is 2.26. The van der Waals surface area contributed by atoms with Crippen LogP contribution in [0.4, 0.5) is 0 Å². The van der Waals surface area contributed by atoms with Crippen LogP contribution in [0, 0.1) is 0 Å². The van der Waals surface area contributed by atoms with Crippen LogP contribution >= 0.6 is 54.8 Å². The summed E-state index contributed by atoms with van der Waals surface area (Å²) in [5.74, 6) is 0. The summed E-state index contributed by atoms with van der Waals surface area (Å²) >= 11 is 13.9. The second kappa shape index (κ2) is 7.10. The first-order chi connectivity index (χ1) is 9.84. The molecule has 0 amide bonds. The van der Waals surface area contributed by atoms with E-state index < -0.39 is 10.0 Å². The summed E-state index contributed by atoms with van der Waals surface area (Å²) in [6, 6.07) is 8.66. The molecule has 0 aliphatic rings. The molecule has 8 heteroatoms. The summed E-state index contributed by atoms with van der Waals surface area (Å²) in [5, 5.41) is 0. The van der Waals surface area contributed by atoms with Crippen molar-refractivity contribution < 1.29 is 8.42 Å². The molecule has 2 rings (SSSR count). The molecule has 0 unspecified atom stereocenters. The van der Waals surface area contributed by atoms with Gasteiger partial charge in [-0.15, -0.1) is 11.3 Å². The molecule has 0 aliphatic heterocycles. The van der Waals surface area contributed by atoms with Crippen LogP contribution in [0.1, 0.15) is 11.8 Å². The molecule has 1 heterocycles. The first-order valence-corrected chi connectivity index (χ1v) is 10.3. The largest absolute Gasteiger partial charge is 0.244 e. The van der Waals surface area contributed by atoms with E-state index in [1.54, 1.807) is 24.3 Å². The minimum Gasteiger partial charge on any atom is -0.207 e. The van der Waals surface area contributed by atoms with Gasteiger partial charge in [0.25, 0.3) is 0 Å². The van der Waals surface area contributed by atoms with Gasteiger partial charge in [0.2, 0.25) is 10.0 Å². The van der Waals surface area contributed by atoms with Crippen LogP contribution in [0.3, 0.4) is 0 Å². The Balaban J connectivity index is 2.35. The highest BCUT2D eigenvalue weighted by molar-refractivity contribution is 9.11. The third kappa shape index (κ3) is 4.09. The minimum atomic E-state index is -3.56. The van der Waals surface area contributed by atoms with Gasteiger partial charge in [-0.2, -0.15) is 4.31 Å². The quantitative estimate of drug-likeness (QED) is 0.603. The second-order valence-corrected chi connectivity index (χ2v) is 9.69. The van der Waals surface area contributed by atoms with Gasteiger partial charge in [-0.25, -0.2) is 8.42 Å². The zero-order chi connectivity index (χ0) is 15.6. The van der Waals surface area contributed by atoms with E-state index in [9.17, 15) is 8.42 Å². The molecule has 2 aromatic rings. The Bertz CT molecular complexity index is 746. The fourth-order valence-electron chi connectivity index (χ4n) is 1.80. The molecule has 1 aromatic carbocycles. The van der Waals surface area contributed by atoms with E-state index in [4.69, 9.17) is 11.6 Å². The Hall–Kier alpha value is 0.0800. The molecule has 0 spiro atoms. The zero-order valence-corrected chi connectivity index (χ0v) is 16.6. The van der Waals surface area contributed by atoms with Gasteiger partial charge in [0.15, 0.2) is 0 Å². The van der Waals surface area contributed by atoms with E-state index in [1.807, 2.05) is 13.0 Å². The van der Waals surface area contributed by atoms with Gasteiger partial charge in [0.05, 0.1) is 9.23 Å². The molecule has 0 saturated carbocycles. The van der Waals surface area contributed by atoms with Gasteiger partial charge in [-0.1, -0.05) is 34.5 Å². The predicted octanol–water partition coefficient (Wildman–Crippen LogP) is 5.14. The van der Waals surface area contributed by atoms with Gasteiger partial charge in [-0.3, -0.25) is 0 Å². The summed E-state index contributed by atoms with van der Waals surface area (Å²) in [6.45, 7) is 2.53. The smallest absolute Gasteiger partial charge is 0.207 e. The van der Waals surface area contributed by atoms with E-state index >= 15 is 0 Å². The Morgan fingerprint density at radius 3 is 2.48 bits per heavy atom. The molecule has 0 bridgehead atoms. The maximum absolute atomic E-state index is 12.8. The van der Waals surface area contributed by atoms with E-state index in [0.717, 1.165) is 9.35 Å². The molecule has 0 N–H and O–H groups in total. The van der Waals surface area contributed by atoms with Crippen molar-refractivity contribution in [3.8, 4) is 0 Å². The van der Waals surface area contributed by atoms with E-state index in [-0.39, 0.29) is 4.90 Å². The normalized spacial score (nSPS) is 12.0. The summed E-state index contributed by atoms with van der Waals surface area (Å²) in [5.41, 5.74) is 0. The van der Waals surface area contributed by atoms with Crippen LogP contribution in [-0.2, 0) is 16.6 Å². The molecule has 0 saturated heterocycles. The fourth-order valence-corrected chi connectivity index (χ4v) is 6.12. The number of sulfonamides is 1. The first kappa shape index (κ1) is 17.4. The number of halogens is 3. The standard InChI is InChI=1S/C13H12Br2ClNO2S2/c1-2-17(8-10-4-6-13(16)20-10)21(18,19)12-5-3-9(14)7-11(12)15/h3-7H,2,8H2,1H3. The molecule has 0 aliphatic carbocycles. The average molecular weight is 474 g/mol. The highest BCUT2D eigenvalue weighted by Crippen LogP contribution is 2.30. The van der Waals surface area contributed by atoms with Gasteiger partial charge in [0.1, 0.15) is 0 Å². The van der Waals surface area contributed by atoms with E-state index in [2.05, 4.69) is 31.9 Å². The van der Waals surface area contributed by atoms with Crippen molar-refractivity contribution >= 4 is 64.8 Å². The highest BCUT2D eigenvalue weighted by atomic mass is 79.9. The predicted molar refractivity (Wildman–Crippen MR) is 94.4 cm³/mol. The molecule has 0 radical (unpaired) electrons. The third-order valence-corrected chi connectivity index (χ3v) is 7.43. The molecule has 3 nitrogen and oxygen atoms in total. The molecular weight excluding hydrogens is 462 g/mol. The number of thiophene rings is 1. The van der Waals surface area contributed by atoms with Gasteiger partial charge in [-0.05, 0) is 46.3 Å². The molecule has 1 aromatic heterocycles. The van der Waals surface area contributed by atoms with Crippen LogP contribution in [0.15, 0.2) is 44.2 Å². The van der Waals surface area contributed by atoms with Gasteiger partial charge in [0, 0.05) is 26.9 Å². The number of benzene rings is 1. The lowest BCUT2D eigenvalue weighted by Crippen LogP contribution is -2.30. The molecule has 0 fully saturated rings. The van der Waals surface area contributed by atoms with Crippen molar-refractivity contribution in [2.24, 2.45) is 0 Å². The van der Waals surface area contributed by atoms with Crippen LogP contribution in [0.2, 0.25) is 4.34 Å². The number of rotatable bonds is 5. The number of hydrogen-bond donors (Lipinski definition) is 0. The zero-order valence-electron chi connectivity index (χ0n) is 11.0. The fraction of sp³-hybridized carbons (Fsp3) is 0.231. The van der Waals surface area contributed by atoms with Crippen molar-refractivity contribution in [1.82, 2.24) is 4.31 Å².